The van der Waals surface area contributed by atoms with Gasteiger partial charge in [0.2, 0.25) is 0 Å². The van der Waals surface area contributed by atoms with Crippen LogP contribution in [0.1, 0.15) is 41.3 Å². The van der Waals surface area contributed by atoms with Crippen molar-refractivity contribution in [1.29, 1.82) is 0 Å². The fraction of sp³-hybridized carbons (Fsp3) is 0.188. The number of benzene rings is 2. The number of ketones is 1. The molecule has 0 amide bonds. The normalized spacial score (nSPS) is 12.1. The molecule has 0 N–H and O–H groups in total. The van der Waals surface area contributed by atoms with Crippen molar-refractivity contribution in [2.45, 2.75) is 19.8 Å². The molecule has 0 fully saturated rings. The first-order chi connectivity index (χ1) is 8.20. The van der Waals surface area contributed by atoms with E-state index in [4.69, 9.17) is 0 Å². The van der Waals surface area contributed by atoms with Crippen molar-refractivity contribution in [3.05, 3.63) is 71.3 Å². The second kappa shape index (κ2) is 4.96. The molecule has 0 aliphatic heterocycles. The smallest absolute Gasteiger partial charge is 0.160 e. The molecule has 0 saturated heterocycles. The third kappa shape index (κ3) is 2.44. The van der Waals surface area contributed by atoms with Gasteiger partial charge in [-0.3, -0.25) is 4.79 Å². The summed E-state index contributed by atoms with van der Waals surface area (Å²) < 4.78 is 0. The van der Waals surface area contributed by atoms with Gasteiger partial charge in [0.25, 0.3) is 0 Å². The second-order valence-electron chi connectivity index (χ2n) is 4.28. The lowest BCUT2D eigenvalue weighted by atomic mass is 9.88. The highest BCUT2D eigenvalue weighted by Gasteiger charge is 2.14. The number of Topliss-reactive ketones (excluding diaryl/α,β-unsaturated/α-hetero) is 1. The lowest BCUT2D eigenvalue weighted by Crippen LogP contribution is -2.04. The standard InChI is InChI=1S/C16H16O/c1-12(14-8-4-3-5-9-14)15-10-6-7-11-16(15)13(2)17/h3-12H,1-2H3. The lowest BCUT2D eigenvalue weighted by molar-refractivity contribution is 0.101. The Bertz CT molecular complexity index is 514. The first-order valence-corrected chi connectivity index (χ1v) is 5.85. The average molecular weight is 224 g/mol. The molecule has 1 unspecified atom stereocenters. The van der Waals surface area contributed by atoms with Crippen LogP contribution in [0, 0.1) is 0 Å². The minimum absolute atomic E-state index is 0.128. The molecule has 86 valence electrons. The van der Waals surface area contributed by atoms with Crippen molar-refractivity contribution < 1.29 is 4.79 Å². The zero-order chi connectivity index (χ0) is 12.3. The van der Waals surface area contributed by atoms with Crippen LogP contribution in [0.3, 0.4) is 0 Å². The number of carbonyl (C=O) groups is 1. The molecule has 2 aromatic carbocycles. The number of hydrogen-bond donors (Lipinski definition) is 0. The van der Waals surface area contributed by atoms with E-state index in [1.165, 1.54) is 5.56 Å². The Kier molecular flexibility index (Phi) is 3.38. The van der Waals surface area contributed by atoms with Gasteiger partial charge in [-0.15, -0.1) is 0 Å². The van der Waals surface area contributed by atoms with Crippen LogP contribution >= 0.6 is 0 Å². The zero-order valence-electron chi connectivity index (χ0n) is 10.2. The van der Waals surface area contributed by atoms with Crippen LogP contribution in [0.2, 0.25) is 0 Å². The number of rotatable bonds is 3. The highest BCUT2D eigenvalue weighted by Crippen LogP contribution is 2.26. The van der Waals surface area contributed by atoms with Gasteiger partial charge in [-0.25, -0.2) is 0 Å². The molecule has 0 aromatic heterocycles. The topological polar surface area (TPSA) is 17.1 Å². The first kappa shape index (κ1) is 11.6. The van der Waals surface area contributed by atoms with E-state index < -0.39 is 0 Å². The van der Waals surface area contributed by atoms with Gasteiger partial charge in [0.1, 0.15) is 0 Å². The van der Waals surface area contributed by atoms with Gasteiger partial charge in [0.15, 0.2) is 5.78 Å². The summed E-state index contributed by atoms with van der Waals surface area (Å²) >= 11 is 0. The monoisotopic (exact) mass is 224 g/mol. The molecule has 1 heteroatoms. The summed E-state index contributed by atoms with van der Waals surface area (Å²) in [5, 5.41) is 0. The fourth-order valence-corrected chi connectivity index (χ4v) is 2.12. The van der Waals surface area contributed by atoms with Gasteiger partial charge >= 0.3 is 0 Å². The van der Waals surface area contributed by atoms with Crippen molar-refractivity contribution in [2.24, 2.45) is 0 Å². The van der Waals surface area contributed by atoms with Gasteiger partial charge in [0, 0.05) is 11.5 Å². The molecule has 0 aliphatic carbocycles. The summed E-state index contributed by atoms with van der Waals surface area (Å²) in [7, 11) is 0. The minimum atomic E-state index is 0.128. The van der Waals surface area contributed by atoms with E-state index in [1.54, 1.807) is 6.92 Å². The Balaban J connectivity index is 2.44. The van der Waals surface area contributed by atoms with E-state index in [2.05, 4.69) is 19.1 Å². The molecule has 0 saturated carbocycles. The molecular weight excluding hydrogens is 208 g/mol. The highest BCUT2D eigenvalue weighted by atomic mass is 16.1. The summed E-state index contributed by atoms with van der Waals surface area (Å²) in [6.45, 7) is 3.76. The molecular formula is C16H16O. The van der Waals surface area contributed by atoms with Crippen molar-refractivity contribution in [3.8, 4) is 0 Å². The maximum absolute atomic E-state index is 11.6. The van der Waals surface area contributed by atoms with E-state index in [-0.39, 0.29) is 11.7 Å². The Labute approximate surface area is 102 Å². The van der Waals surface area contributed by atoms with Crippen molar-refractivity contribution in [3.63, 3.8) is 0 Å². The second-order valence-corrected chi connectivity index (χ2v) is 4.28. The molecule has 2 rings (SSSR count). The largest absolute Gasteiger partial charge is 0.295 e. The van der Waals surface area contributed by atoms with Crippen molar-refractivity contribution in [2.75, 3.05) is 0 Å². The SMILES string of the molecule is CC(=O)c1ccccc1C(C)c1ccccc1. The highest BCUT2D eigenvalue weighted by molar-refractivity contribution is 5.95. The predicted molar refractivity (Wildman–Crippen MR) is 70.4 cm³/mol. The quantitative estimate of drug-likeness (QED) is 0.719. The third-order valence-corrected chi connectivity index (χ3v) is 3.11. The molecule has 0 bridgehead atoms. The zero-order valence-corrected chi connectivity index (χ0v) is 10.2. The van der Waals surface area contributed by atoms with Crippen LogP contribution < -0.4 is 0 Å². The third-order valence-electron chi connectivity index (χ3n) is 3.11. The van der Waals surface area contributed by atoms with E-state index in [0.29, 0.717) is 0 Å². The maximum atomic E-state index is 11.6. The predicted octanol–water partition coefficient (Wildman–Crippen LogP) is 4.04. The summed E-state index contributed by atoms with van der Waals surface area (Å²) in [5.74, 6) is 0.375. The van der Waals surface area contributed by atoms with E-state index >= 15 is 0 Å². The molecule has 1 nitrogen and oxygen atoms in total. The summed E-state index contributed by atoms with van der Waals surface area (Å²) in [6, 6.07) is 18.1. The van der Waals surface area contributed by atoms with Crippen molar-refractivity contribution >= 4 is 5.78 Å². The van der Waals surface area contributed by atoms with Crippen LogP contribution in [0.4, 0.5) is 0 Å². The average Bonchev–Trinajstić information content (AvgIpc) is 2.39. The fourth-order valence-electron chi connectivity index (χ4n) is 2.12. The van der Waals surface area contributed by atoms with Gasteiger partial charge < -0.3 is 0 Å². The first-order valence-electron chi connectivity index (χ1n) is 5.85. The summed E-state index contributed by atoms with van der Waals surface area (Å²) in [4.78, 5) is 11.6. The number of carbonyl (C=O) groups excluding carboxylic acids is 1. The Morgan fingerprint density at radius 3 is 2.18 bits per heavy atom. The van der Waals surface area contributed by atoms with E-state index in [9.17, 15) is 4.79 Å². The molecule has 17 heavy (non-hydrogen) atoms. The Morgan fingerprint density at radius 1 is 0.941 bits per heavy atom. The van der Waals surface area contributed by atoms with Gasteiger partial charge in [-0.2, -0.15) is 0 Å². The molecule has 1 atom stereocenters. The Hall–Kier alpha value is -1.89. The van der Waals surface area contributed by atoms with E-state index in [0.717, 1.165) is 11.1 Å². The van der Waals surface area contributed by atoms with Crippen LogP contribution in [-0.2, 0) is 0 Å². The van der Waals surface area contributed by atoms with Gasteiger partial charge in [-0.1, -0.05) is 61.5 Å². The van der Waals surface area contributed by atoms with Gasteiger partial charge in [0.05, 0.1) is 0 Å². The van der Waals surface area contributed by atoms with Crippen molar-refractivity contribution in [1.82, 2.24) is 0 Å². The molecule has 0 heterocycles. The van der Waals surface area contributed by atoms with Gasteiger partial charge in [-0.05, 0) is 18.1 Å². The van der Waals surface area contributed by atoms with Crippen LogP contribution in [0.15, 0.2) is 54.6 Å². The van der Waals surface area contributed by atoms with Crippen LogP contribution in [-0.4, -0.2) is 5.78 Å². The Morgan fingerprint density at radius 2 is 1.53 bits per heavy atom. The van der Waals surface area contributed by atoms with Crippen LogP contribution in [0.5, 0.6) is 0 Å². The van der Waals surface area contributed by atoms with Crippen LogP contribution in [0.25, 0.3) is 0 Å². The molecule has 0 spiro atoms. The molecule has 0 radical (unpaired) electrons. The lowest BCUT2D eigenvalue weighted by Gasteiger charge is -2.15. The number of hydrogen-bond acceptors (Lipinski definition) is 1. The summed E-state index contributed by atoms with van der Waals surface area (Å²) in [6.07, 6.45) is 0. The summed E-state index contributed by atoms with van der Waals surface area (Å²) in [5.41, 5.74) is 3.16. The molecule has 0 aliphatic rings. The van der Waals surface area contributed by atoms with E-state index in [1.807, 2.05) is 42.5 Å². The maximum Gasteiger partial charge on any atom is 0.160 e. The molecule has 2 aromatic rings. The minimum Gasteiger partial charge on any atom is -0.295 e.